The third-order valence-electron chi connectivity index (χ3n) is 9.95. The first-order chi connectivity index (χ1) is 23.8. The quantitative estimate of drug-likeness (QED) is 0.179. The number of aromatic nitrogens is 3. The Kier molecular flexibility index (Phi) is 5.26. The monoisotopic (exact) mass is 627 g/mol. The van der Waals surface area contributed by atoms with Gasteiger partial charge in [-0.15, -0.1) is 11.3 Å². The molecule has 0 atom stereocenters. The largest absolute Gasteiger partial charge is 0.276 e. The van der Waals surface area contributed by atoms with Crippen LogP contribution in [0.5, 0.6) is 0 Å². The molecule has 0 radical (unpaired) electrons. The molecule has 3 nitrogen and oxygen atoms in total. The average molecular weight is 628 g/mol. The lowest BCUT2D eigenvalue weighted by Crippen LogP contribution is -2.04. The molecule has 11 aromatic rings. The molecule has 0 N–H and O–H groups in total. The minimum absolute atomic E-state index is 0.682. The van der Waals surface area contributed by atoms with Crippen molar-refractivity contribution in [2.45, 2.75) is 0 Å². The second-order valence-electron chi connectivity index (χ2n) is 12.5. The van der Waals surface area contributed by atoms with Crippen molar-refractivity contribution in [3.8, 4) is 17.2 Å². The molecule has 4 heteroatoms. The van der Waals surface area contributed by atoms with Crippen LogP contribution in [0.2, 0.25) is 0 Å². The molecule has 0 aliphatic rings. The predicted molar refractivity (Wildman–Crippen MR) is 205 cm³/mol. The molecular formula is C44H25N3S. The van der Waals surface area contributed by atoms with E-state index in [0.29, 0.717) is 5.95 Å². The van der Waals surface area contributed by atoms with E-state index >= 15 is 0 Å². The number of benzene rings is 8. The molecule has 0 unspecified atom stereocenters. The normalized spacial score (nSPS) is 12.2. The van der Waals surface area contributed by atoms with Gasteiger partial charge in [-0.25, -0.2) is 9.97 Å². The van der Waals surface area contributed by atoms with E-state index in [2.05, 4.69) is 156 Å². The molecule has 0 aliphatic heterocycles. The number of thiophene rings is 1. The second kappa shape index (κ2) is 9.71. The van der Waals surface area contributed by atoms with Gasteiger partial charge in [0, 0.05) is 42.6 Å². The van der Waals surface area contributed by atoms with Crippen LogP contribution in [0.15, 0.2) is 152 Å². The van der Waals surface area contributed by atoms with Gasteiger partial charge >= 0.3 is 0 Å². The third-order valence-corrected chi connectivity index (χ3v) is 11.1. The maximum absolute atomic E-state index is 5.50. The predicted octanol–water partition coefficient (Wildman–Crippen LogP) is 12.2. The summed E-state index contributed by atoms with van der Waals surface area (Å²) >= 11 is 1.87. The molecule has 3 aromatic heterocycles. The maximum atomic E-state index is 5.50. The van der Waals surface area contributed by atoms with E-state index in [1.54, 1.807) is 0 Å². The average Bonchev–Trinajstić information content (AvgIpc) is 3.73. The summed E-state index contributed by atoms with van der Waals surface area (Å²) in [6.45, 7) is 0. The third kappa shape index (κ3) is 3.42. The summed E-state index contributed by atoms with van der Waals surface area (Å²) in [7, 11) is 0. The van der Waals surface area contributed by atoms with Gasteiger partial charge in [0.15, 0.2) is 0 Å². The van der Waals surface area contributed by atoms with E-state index in [4.69, 9.17) is 9.97 Å². The summed E-state index contributed by atoms with van der Waals surface area (Å²) in [5.74, 6) is 0.682. The van der Waals surface area contributed by atoms with Crippen molar-refractivity contribution in [1.29, 1.82) is 0 Å². The van der Waals surface area contributed by atoms with Crippen molar-refractivity contribution >= 4 is 96.5 Å². The van der Waals surface area contributed by atoms with Gasteiger partial charge in [-0.3, -0.25) is 4.57 Å². The standard InChI is InChI=1S/C44H25N3S/c1-2-14-26(15-3-1)40-33-22-10-12-24-35(33)45-44(46-40)47-41-32-21-9-5-17-28(32)27-16-4-6-18-29(27)38(41)39-31-20-8-7-19-30(31)37-34-23-11-13-25-36(34)48-43(37)42(39)47/h1-25H. The molecular weight excluding hydrogens is 603 g/mol. The van der Waals surface area contributed by atoms with Crippen molar-refractivity contribution in [2.24, 2.45) is 0 Å². The molecule has 0 bridgehead atoms. The molecule has 0 amide bonds. The molecule has 0 spiro atoms. The minimum atomic E-state index is 0.682. The number of fused-ring (bicyclic) bond motifs is 16. The Bertz CT molecular complexity index is 3120. The molecule has 0 saturated heterocycles. The van der Waals surface area contributed by atoms with E-state index in [1.807, 2.05) is 11.3 Å². The lowest BCUT2D eigenvalue weighted by atomic mass is 9.94. The summed E-state index contributed by atoms with van der Waals surface area (Å²) in [6, 6.07) is 54.3. The summed E-state index contributed by atoms with van der Waals surface area (Å²) in [5, 5.41) is 13.5. The lowest BCUT2D eigenvalue weighted by molar-refractivity contribution is 1.02. The van der Waals surface area contributed by atoms with Crippen LogP contribution in [0.1, 0.15) is 0 Å². The van der Waals surface area contributed by atoms with Gasteiger partial charge in [-0.05, 0) is 39.1 Å². The highest BCUT2D eigenvalue weighted by Gasteiger charge is 2.26. The topological polar surface area (TPSA) is 30.7 Å². The Morgan fingerprint density at radius 1 is 0.396 bits per heavy atom. The van der Waals surface area contributed by atoms with Gasteiger partial charge in [-0.2, -0.15) is 0 Å². The molecule has 11 rings (SSSR count). The summed E-state index contributed by atoms with van der Waals surface area (Å²) in [4.78, 5) is 10.9. The van der Waals surface area contributed by atoms with Crippen LogP contribution >= 0.6 is 11.3 Å². The Morgan fingerprint density at radius 2 is 0.917 bits per heavy atom. The maximum Gasteiger partial charge on any atom is 0.235 e. The first-order valence-corrected chi connectivity index (χ1v) is 17.1. The van der Waals surface area contributed by atoms with Gasteiger partial charge < -0.3 is 0 Å². The number of hydrogen-bond donors (Lipinski definition) is 0. The first kappa shape index (κ1) is 26.0. The molecule has 8 aromatic carbocycles. The molecule has 0 aliphatic carbocycles. The zero-order valence-corrected chi connectivity index (χ0v) is 26.5. The van der Waals surface area contributed by atoms with Crippen LogP contribution in [0.25, 0.3) is 102 Å². The fourth-order valence-corrected chi connectivity index (χ4v) is 9.27. The highest BCUT2D eigenvalue weighted by Crippen LogP contribution is 2.50. The summed E-state index contributed by atoms with van der Waals surface area (Å²) in [5.41, 5.74) is 5.24. The zero-order chi connectivity index (χ0) is 31.3. The second-order valence-corrected chi connectivity index (χ2v) is 13.5. The number of nitrogens with zero attached hydrogens (tertiary/aromatic N) is 3. The van der Waals surface area contributed by atoms with E-state index in [-0.39, 0.29) is 0 Å². The van der Waals surface area contributed by atoms with E-state index in [0.717, 1.165) is 33.2 Å². The summed E-state index contributed by atoms with van der Waals surface area (Å²) in [6.07, 6.45) is 0. The van der Waals surface area contributed by atoms with Crippen LogP contribution in [-0.4, -0.2) is 14.5 Å². The van der Waals surface area contributed by atoms with Crippen LogP contribution in [-0.2, 0) is 0 Å². The highest BCUT2D eigenvalue weighted by molar-refractivity contribution is 7.27. The molecule has 3 heterocycles. The van der Waals surface area contributed by atoms with Crippen molar-refractivity contribution in [3.05, 3.63) is 152 Å². The van der Waals surface area contributed by atoms with Crippen molar-refractivity contribution < 1.29 is 0 Å². The smallest absolute Gasteiger partial charge is 0.235 e. The van der Waals surface area contributed by atoms with Crippen LogP contribution in [0.3, 0.4) is 0 Å². The van der Waals surface area contributed by atoms with Gasteiger partial charge in [0.2, 0.25) is 5.95 Å². The van der Waals surface area contributed by atoms with E-state index in [9.17, 15) is 0 Å². The van der Waals surface area contributed by atoms with Crippen molar-refractivity contribution in [2.75, 3.05) is 0 Å². The Balaban J connectivity index is 1.48. The van der Waals surface area contributed by atoms with Crippen LogP contribution < -0.4 is 0 Å². The molecule has 48 heavy (non-hydrogen) atoms. The van der Waals surface area contributed by atoms with Gasteiger partial charge in [0.1, 0.15) is 0 Å². The lowest BCUT2D eigenvalue weighted by Gasteiger charge is -2.14. The fourth-order valence-electron chi connectivity index (χ4n) is 8.01. The van der Waals surface area contributed by atoms with Crippen LogP contribution in [0, 0.1) is 0 Å². The number of hydrogen-bond acceptors (Lipinski definition) is 3. The number of para-hydroxylation sites is 1. The molecule has 0 saturated carbocycles. The SMILES string of the molecule is c1ccc(-c2nc(-n3c4c5ccccc5c5ccccc5c4c4c5ccccc5c5c6ccccc6sc5c43)nc3ccccc23)cc1. The van der Waals surface area contributed by atoms with Crippen molar-refractivity contribution in [3.63, 3.8) is 0 Å². The highest BCUT2D eigenvalue weighted by atomic mass is 32.1. The Hall–Kier alpha value is -6.10. The molecule has 0 fully saturated rings. The van der Waals surface area contributed by atoms with Gasteiger partial charge in [0.05, 0.1) is 26.9 Å². The molecule has 222 valence electrons. The van der Waals surface area contributed by atoms with Gasteiger partial charge in [0.25, 0.3) is 0 Å². The van der Waals surface area contributed by atoms with Gasteiger partial charge in [-0.1, -0.05) is 140 Å². The van der Waals surface area contributed by atoms with E-state index < -0.39 is 0 Å². The fraction of sp³-hybridized carbons (Fsp3) is 0. The Labute approximate surface area is 278 Å². The van der Waals surface area contributed by atoms with Crippen LogP contribution in [0.4, 0.5) is 0 Å². The van der Waals surface area contributed by atoms with Crippen molar-refractivity contribution in [1.82, 2.24) is 14.5 Å². The Morgan fingerprint density at radius 3 is 1.67 bits per heavy atom. The number of rotatable bonds is 2. The minimum Gasteiger partial charge on any atom is -0.276 e. The van der Waals surface area contributed by atoms with E-state index in [1.165, 1.54) is 63.3 Å². The summed E-state index contributed by atoms with van der Waals surface area (Å²) < 4.78 is 4.93. The first-order valence-electron chi connectivity index (χ1n) is 16.3. The zero-order valence-electron chi connectivity index (χ0n) is 25.7.